The van der Waals surface area contributed by atoms with Crippen molar-refractivity contribution >= 4 is 17.3 Å². The number of aromatic hydroxyl groups is 1. The molecule has 0 aliphatic heterocycles. The molecule has 0 radical (unpaired) electrons. The number of thiophene rings is 1. The number of carbonyl (C=O) groups is 1. The summed E-state index contributed by atoms with van der Waals surface area (Å²) in [5.41, 5.74) is 0.165. The Kier molecular flexibility index (Phi) is 7.27. The van der Waals surface area contributed by atoms with Gasteiger partial charge in [0.25, 0.3) is 0 Å². The molecule has 2 aromatic rings. The van der Waals surface area contributed by atoms with Crippen molar-refractivity contribution in [3.8, 4) is 5.88 Å². The molecule has 0 saturated heterocycles. The lowest BCUT2D eigenvalue weighted by molar-refractivity contribution is -0.137. The number of aromatic nitrogens is 2. The highest BCUT2D eigenvalue weighted by atomic mass is 32.1. The molecule has 2 aromatic heterocycles. The SMILES string of the molecule is O=C(O)CCCCCCc1c(O)[nH]c(=O)n1CCC(O)c1cccs1. The smallest absolute Gasteiger partial charge is 0.328 e. The summed E-state index contributed by atoms with van der Waals surface area (Å²) in [6.45, 7) is 0.323. The minimum atomic E-state index is -0.790. The molecular formula is C17H24N2O5S. The number of unbranched alkanes of at least 4 members (excludes halogenated alkanes) is 3. The number of nitrogens with zero attached hydrogens (tertiary/aromatic N) is 1. The summed E-state index contributed by atoms with van der Waals surface area (Å²) in [4.78, 5) is 25.7. The van der Waals surface area contributed by atoms with Crippen molar-refractivity contribution in [3.05, 3.63) is 38.6 Å². The van der Waals surface area contributed by atoms with Crippen LogP contribution in [0.3, 0.4) is 0 Å². The van der Waals surface area contributed by atoms with E-state index in [9.17, 15) is 19.8 Å². The van der Waals surface area contributed by atoms with E-state index in [1.165, 1.54) is 15.9 Å². The zero-order chi connectivity index (χ0) is 18.2. The normalized spacial score (nSPS) is 12.4. The highest BCUT2D eigenvalue weighted by Crippen LogP contribution is 2.23. The Labute approximate surface area is 149 Å². The van der Waals surface area contributed by atoms with Crippen LogP contribution < -0.4 is 5.69 Å². The molecule has 2 heterocycles. The van der Waals surface area contributed by atoms with Gasteiger partial charge in [0.05, 0.1) is 11.8 Å². The summed E-state index contributed by atoms with van der Waals surface area (Å²) >= 11 is 1.47. The van der Waals surface area contributed by atoms with Crippen LogP contribution in [0.25, 0.3) is 0 Å². The molecule has 0 bridgehead atoms. The molecule has 25 heavy (non-hydrogen) atoms. The summed E-state index contributed by atoms with van der Waals surface area (Å²) in [6, 6.07) is 3.72. The first-order chi connectivity index (χ1) is 12.0. The molecule has 0 spiro atoms. The van der Waals surface area contributed by atoms with E-state index in [0.29, 0.717) is 31.5 Å². The Morgan fingerprint density at radius 2 is 2.04 bits per heavy atom. The minimum absolute atomic E-state index is 0.124. The zero-order valence-electron chi connectivity index (χ0n) is 14.0. The number of carboxylic acids is 1. The molecule has 0 aliphatic rings. The third-order valence-corrected chi connectivity index (χ3v) is 5.10. The fraction of sp³-hybridized carbons (Fsp3) is 0.529. The quantitative estimate of drug-likeness (QED) is 0.455. The van der Waals surface area contributed by atoms with Crippen LogP contribution in [0, 0.1) is 0 Å². The molecule has 1 unspecified atom stereocenters. The van der Waals surface area contributed by atoms with Gasteiger partial charge in [0.15, 0.2) is 0 Å². The Balaban J connectivity index is 1.86. The van der Waals surface area contributed by atoms with E-state index in [4.69, 9.17) is 5.11 Å². The summed E-state index contributed by atoms with van der Waals surface area (Å²) in [6.07, 6.45) is 3.50. The van der Waals surface area contributed by atoms with Gasteiger partial charge >= 0.3 is 11.7 Å². The van der Waals surface area contributed by atoms with Gasteiger partial charge in [-0.2, -0.15) is 0 Å². The summed E-state index contributed by atoms with van der Waals surface area (Å²) < 4.78 is 1.48. The van der Waals surface area contributed by atoms with E-state index in [2.05, 4.69) is 4.98 Å². The number of H-pyrrole nitrogens is 1. The lowest BCUT2D eigenvalue weighted by Crippen LogP contribution is -2.20. The van der Waals surface area contributed by atoms with Crippen LogP contribution in [0.5, 0.6) is 5.88 Å². The third-order valence-electron chi connectivity index (χ3n) is 4.12. The van der Waals surface area contributed by atoms with Gasteiger partial charge in [0.1, 0.15) is 0 Å². The number of aromatic amines is 1. The lowest BCUT2D eigenvalue weighted by Gasteiger charge is -2.11. The van der Waals surface area contributed by atoms with E-state index in [1.807, 2.05) is 17.5 Å². The van der Waals surface area contributed by atoms with E-state index < -0.39 is 12.1 Å². The minimum Gasteiger partial charge on any atom is -0.493 e. The Morgan fingerprint density at radius 3 is 2.72 bits per heavy atom. The topological polar surface area (TPSA) is 116 Å². The first-order valence-corrected chi connectivity index (χ1v) is 9.31. The van der Waals surface area contributed by atoms with Crippen molar-refractivity contribution in [2.24, 2.45) is 0 Å². The predicted octanol–water partition coefficient (Wildman–Crippen LogP) is 2.64. The number of aliphatic hydroxyl groups is 1. The molecule has 138 valence electrons. The van der Waals surface area contributed by atoms with Crippen molar-refractivity contribution < 1.29 is 20.1 Å². The summed E-state index contributed by atoms with van der Waals surface area (Å²) in [5, 5.41) is 30.6. The zero-order valence-corrected chi connectivity index (χ0v) is 14.8. The maximum Gasteiger partial charge on any atom is 0.328 e. The molecule has 8 heteroatoms. The van der Waals surface area contributed by atoms with Crippen LogP contribution in [0.15, 0.2) is 22.3 Å². The van der Waals surface area contributed by atoms with Gasteiger partial charge < -0.3 is 15.3 Å². The van der Waals surface area contributed by atoms with Gasteiger partial charge in [-0.3, -0.25) is 14.3 Å². The van der Waals surface area contributed by atoms with Gasteiger partial charge in [-0.15, -0.1) is 11.3 Å². The second kappa shape index (κ2) is 9.43. The van der Waals surface area contributed by atoms with Gasteiger partial charge in [-0.05, 0) is 37.1 Å². The van der Waals surface area contributed by atoms with Crippen molar-refractivity contribution in [2.45, 2.75) is 57.6 Å². The molecule has 1 atom stereocenters. The second-order valence-corrected chi connectivity index (χ2v) is 6.98. The van der Waals surface area contributed by atoms with Crippen molar-refractivity contribution in [1.29, 1.82) is 0 Å². The number of hydrogen-bond donors (Lipinski definition) is 4. The van der Waals surface area contributed by atoms with Crippen LogP contribution in [0.4, 0.5) is 0 Å². The fourth-order valence-corrected chi connectivity index (χ4v) is 3.52. The number of rotatable bonds is 11. The molecule has 0 fully saturated rings. The first kappa shape index (κ1) is 19.3. The van der Waals surface area contributed by atoms with Gasteiger partial charge in [0.2, 0.25) is 5.88 Å². The van der Waals surface area contributed by atoms with E-state index in [-0.39, 0.29) is 18.0 Å². The van der Waals surface area contributed by atoms with Crippen LogP contribution in [0.1, 0.15) is 55.2 Å². The van der Waals surface area contributed by atoms with Gasteiger partial charge in [-0.1, -0.05) is 18.9 Å². The van der Waals surface area contributed by atoms with Crippen LogP contribution in [-0.4, -0.2) is 30.8 Å². The third kappa shape index (κ3) is 5.75. The highest BCUT2D eigenvalue weighted by Gasteiger charge is 2.15. The summed E-state index contributed by atoms with van der Waals surface area (Å²) in [7, 11) is 0. The monoisotopic (exact) mass is 368 g/mol. The van der Waals surface area contributed by atoms with Crippen LogP contribution in [0.2, 0.25) is 0 Å². The lowest BCUT2D eigenvalue weighted by atomic mass is 10.1. The van der Waals surface area contributed by atoms with Gasteiger partial charge in [0, 0.05) is 17.8 Å². The van der Waals surface area contributed by atoms with Crippen molar-refractivity contribution in [1.82, 2.24) is 9.55 Å². The average molecular weight is 368 g/mol. The van der Waals surface area contributed by atoms with Gasteiger partial charge in [-0.25, -0.2) is 4.79 Å². The molecule has 0 aromatic carbocycles. The number of carboxylic acid groups (broad SMARTS) is 1. The molecule has 0 aliphatic carbocycles. The summed E-state index contributed by atoms with van der Waals surface area (Å²) in [5.74, 6) is -0.914. The number of aliphatic hydroxyl groups excluding tert-OH is 1. The number of hydrogen-bond acceptors (Lipinski definition) is 5. The molecule has 7 nitrogen and oxygen atoms in total. The number of aliphatic carboxylic acids is 1. The van der Waals surface area contributed by atoms with Crippen molar-refractivity contribution in [3.63, 3.8) is 0 Å². The standard InChI is InChI=1S/C17H24N2O5S/c20-13(14-7-5-11-25-14)9-10-19-12(16(23)18-17(19)24)6-3-1-2-4-8-15(21)22/h5,7,11,13,20,23H,1-4,6,8-10H2,(H,18,24)(H,21,22). The Hall–Kier alpha value is -2.06. The molecule has 2 rings (SSSR count). The maximum atomic E-state index is 12.0. The maximum absolute atomic E-state index is 12.0. The van der Waals surface area contributed by atoms with Crippen LogP contribution in [-0.2, 0) is 17.8 Å². The largest absolute Gasteiger partial charge is 0.493 e. The van der Waals surface area contributed by atoms with Crippen molar-refractivity contribution in [2.75, 3.05) is 0 Å². The first-order valence-electron chi connectivity index (χ1n) is 8.43. The van der Waals surface area contributed by atoms with E-state index >= 15 is 0 Å². The second-order valence-electron chi connectivity index (χ2n) is 6.00. The predicted molar refractivity (Wildman–Crippen MR) is 95.0 cm³/mol. The molecule has 4 N–H and O–H groups in total. The Morgan fingerprint density at radius 1 is 1.28 bits per heavy atom. The highest BCUT2D eigenvalue weighted by molar-refractivity contribution is 7.10. The van der Waals surface area contributed by atoms with Crippen LogP contribution >= 0.6 is 11.3 Å². The molecule has 0 amide bonds. The number of nitrogens with one attached hydrogen (secondary N) is 1. The molecule has 0 saturated carbocycles. The van der Waals surface area contributed by atoms with E-state index in [0.717, 1.165) is 24.1 Å². The van der Waals surface area contributed by atoms with E-state index in [1.54, 1.807) is 0 Å². The number of imidazole rings is 1. The molecular weight excluding hydrogens is 344 g/mol. The Bertz CT molecular complexity index is 720. The average Bonchev–Trinajstić information content (AvgIpc) is 3.17. The fourth-order valence-electron chi connectivity index (χ4n) is 2.78.